The molecule has 2 nitrogen and oxygen atoms in total. The van der Waals surface area contributed by atoms with E-state index in [0.29, 0.717) is 0 Å². The monoisotopic (exact) mass is 148 g/mol. The van der Waals surface area contributed by atoms with Crippen LogP contribution in [-0.4, -0.2) is 11.4 Å². The third-order valence-electron chi connectivity index (χ3n) is 0.646. The summed E-state index contributed by atoms with van der Waals surface area (Å²) in [7, 11) is 0. The van der Waals surface area contributed by atoms with Crippen molar-refractivity contribution in [2.75, 3.05) is 6.26 Å². The van der Waals surface area contributed by atoms with Gasteiger partial charge in [0, 0.05) is 11.3 Å². The fourth-order valence-corrected chi connectivity index (χ4v) is 1.54. The third-order valence-corrected chi connectivity index (χ3v) is 2.42. The maximum atomic E-state index is 4.84. The van der Waals surface area contributed by atoms with Crippen molar-refractivity contribution in [3.63, 3.8) is 0 Å². The summed E-state index contributed by atoms with van der Waals surface area (Å²) < 4.78 is 5.76. The van der Waals surface area contributed by atoms with Crippen molar-refractivity contribution in [1.82, 2.24) is 5.16 Å². The largest absolute Gasteiger partial charge is 0.492 e. The first-order chi connectivity index (χ1) is 3.83. The lowest BCUT2D eigenvalue weighted by atomic mass is 10.9. The van der Waals surface area contributed by atoms with Gasteiger partial charge in [-0.1, -0.05) is 0 Å². The minimum atomic E-state index is 0.919. The zero-order valence-electron chi connectivity index (χ0n) is 4.67. The normalized spacial score (nSPS) is 9.75. The van der Waals surface area contributed by atoms with E-state index >= 15 is 0 Å². The smallest absolute Gasteiger partial charge is 0.0464 e. The van der Waals surface area contributed by atoms with E-state index in [0.717, 1.165) is 9.41 Å². The van der Waals surface area contributed by atoms with E-state index in [9.17, 15) is 0 Å². The molecule has 0 saturated heterocycles. The number of nitrogens with zero attached hydrogens (tertiary/aromatic N) is 1. The molecule has 44 valence electrons. The van der Waals surface area contributed by atoms with Crippen LogP contribution in [0.15, 0.2) is 8.93 Å². The predicted molar refractivity (Wildman–Crippen MR) is 35.3 cm³/mol. The van der Waals surface area contributed by atoms with Gasteiger partial charge in [0.15, 0.2) is 10.2 Å². The summed E-state index contributed by atoms with van der Waals surface area (Å²) in [5.41, 5.74) is 0. The molecule has 1 rings (SSSR count). The fourth-order valence-electron chi connectivity index (χ4n) is 0.338. The summed E-state index contributed by atoms with van der Waals surface area (Å²) in [6.07, 6.45) is 1.97. The van der Waals surface area contributed by atoms with Crippen molar-refractivity contribution in [1.29, 1.82) is 0 Å². The molecule has 0 aliphatic carbocycles. The van der Waals surface area contributed by atoms with E-state index < -0.39 is 0 Å². The first-order valence-corrected chi connectivity index (χ1v) is 4.17. The van der Waals surface area contributed by atoms with Crippen LogP contribution in [0.1, 0.15) is 5.01 Å². The Kier molecular flexibility index (Phi) is 1.85. The molecule has 0 aliphatic rings. The Morgan fingerprint density at radius 1 is 1.75 bits per heavy atom. The van der Waals surface area contributed by atoms with Gasteiger partial charge in [-0.25, -0.2) is 0 Å². The lowest BCUT2D eigenvalue weighted by Crippen LogP contribution is -1.57. The van der Waals surface area contributed by atoms with Gasteiger partial charge in [0.25, 0.3) is 0 Å². The molecule has 0 N–H and O–H groups in total. The molecule has 0 aromatic carbocycles. The van der Waals surface area contributed by atoms with E-state index in [1.165, 1.54) is 0 Å². The number of rotatable bonds is 1. The lowest BCUT2D eigenvalue weighted by Gasteiger charge is -1.60. The average Bonchev–Trinajstić information content (AvgIpc) is 2.14. The molecule has 1 aromatic heterocycles. The molecule has 0 radical (unpaired) electrons. The highest BCUT2D eigenvalue weighted by molar-refractivity contribution is 8.00. The minimum absolute atomic E-state index is 0.919. The van der Waals surface area contributed by atoms with Crippen LogP contribution < -0.4 is 0 Å². The molecular weight excluding hydrogens is 142 g/mol. The van der Waals surface area contributed by atoms with E-state index in [2.05, 4.69) is 5.16 Å². The lowest BCUT2D eigenvalue weighted by molar-refractivity contribution is 0.352. The first kappa shape index (κ1) is 6.04. The minimum Gasteiger partial charge on any atom is -0.0464 e. The van der Waals surface area contributed by atoms with Crippen LogP contribution >= 0.6 is 23.1 Å². The Bertz CT molecular complexity index is 174. The van der Waals surface area contributed by atoms with Gasteiger partial charge < -0.3 is 0 Å². The highest BCUT2D eigenvalue weighted by Gasteiger charge is 2.11. The van der Waals surface area contributed by atoms with Crippen molar-refractivity contribution in [3.8, 4) is 0 Å². The van der Waals surface area contributed by atoms with E-state index in [1.807, 2.05) is 13.2 Å². The summed E-state index contributed by atoms with van der Waals surface area (Å²) in [5, 5.41) is 4.69. The van der Waals surface area contributed by atoms with Gasteiger partial charge in [-0.2, -0.15) is 0 Å². The van der Waals surface area contributed by atoms with Crippen molar-refractivity contribution in [2.24, 2.45) is 0 Å². The van der Waals surface area contributed by atoms with Gasteiger partial charge in [0.1, 0.15) is 0 Å². The molecule has 0 unspecified atom stereocenters. The average molecular weight is 148 g/mol. The van der Waals surface area contributed by atoms with Crippen LogP contribution in [0, 0.1) is 6.92 Å². The maximum Gasteiger partial charge on any atom is 0.492 e. The molecule has 1 aromatic rings. The van der Waals surface area contributed by atoms with Gasteiger partial charge in [0.05, 0.1) is 0 Å². The molecule has 0 aliphatic heterocycles. The zero-order valence-corrected chi connectivity index (χ0v) is 6.30. The molecule has 0 bridgehead atoms. The Balaban J connectivity index is 2.84. The molecule has 0 fully saturated rings. The second-order valence-electron chi connectivity index (χ2n) is 1.26. The topological polar surface area (TPSA) is 24.2 Å². The fraction of sp³-hybridized carbons (Fsp3) is 0.500. The van der Waals surface area contributed by atoms with Gasteiger partial charge in [-0.15, -0.1) is 0 Å². The molecular formula is C4H6NOS2+. The molecule has 1 heterocycles. The van der Waals surface area contributed by atoms with Crippen molar-refractivity contribution < 1.29 is 4.52 Å². The molecule has 0 amide bonds. The quantitative estimate of drug-likeness (QED) is 0.450. The van der Waals surface area contributed by atoms with Gasteiger partial charge in [-0.3, -0.25) is 0 Å². The third kappa shape index (κ3) is 1.20. The Morgan fingerprint density at radius 2 is 2.50 bits per heavy atom. The summed E-state index contributed by atoms with van der Waals surface area (Å²) in [4.78, 5) is 0. The highest BCUT2D eigenvalue weighted by Crippen LogP contribution is 2.21. The zero-order chi connectivity index (χ0) is 5.98. The van der Waals surface area contributed by atoms with E-state index in [-0.39, 0.29) is 0 Å². The Labute approximate surface area is 55.9 Å². The first-order valence-electron chi connectivity index (χ1n) is 2.13. The summed E-state index contributed by atoms with van der Waals surface area (Å²) in [6.45, 7) is 1.92. The molecule has 0 atom stereocenters. The second-order valence-corrected chi connectivity index (χ2v) is 3.46. The Morgan fingerprint density at radius 3 is 2.75 bits per heavy atom. The number of aromatic nitrogens is 1. The van der Waals surface area contributed by atoms with Crippen molar-refractivity contribution >= 4 is 23.1 Å². The molecule has 4 heteroatoms. The van der Waals surface area contributed by atoms with Crippen molar-refractivity contribution in [2.45, 2.75) is 11.3 Å². The van der Waals surface area contributed by atoms with Crippen LogP contribution in [0.4, 0.5) is 0 Å². The summed E-state index contributed by atoms with van der Waals surface area (Å²) >= 11 is 3.15. The Hall–Kier alpha value is -0.0900. The predicted octanol–water partition coefficient (Wildman–Crippen LogP) is 2.05. The van der Waals surface area contributed by atoms with Crippen LogP contribution in [0.5, 0.6) is 0 Å². The summed E-state index contributed by atoms with van der Waals surface area (Å²) in [5.74, 6) is 0. The van der Waals surface area contributed by atoms with Gasteiger partial charge in [0.2, 0.25) is 0 Å². The highest BCUT2D eigenvalue weighted by atomic mass is 32.2. The van der Waals surface area contributed by atoms with Gasteiger partial charge in [-0.05, 0) is 29.5 Å². The summed E-state index contributed by atoms with van der Waals surface area (Å²) in [6, 6.07) is 0. The second kappa shape index (κ2) is 2.46. The van der Waals surface area contributed by atoms with E-state index in [4.69, 9.17) is 4.52 Å². The number of hydrogen-bond donors (Lipinski definition) is 0. The standard InChI is InChI=1S/C4H6NOS2/c1-3-5-6-4(7-2)8-3/h1-2H3/q+1. The number of thioether (sulfide) groups is 1. The maximum absolute atomic E-state index is 4.84. The van der Waals surface area contributed by atoms with Gasteiger partial charge >= 0.3 is 4.41 Å². The van der Waals surface area contributed by atoms with Crippen LogP contribution in [-0.2, 0) is 0 Å². The molecule has 8 heavy (non-hydrogen) atoms. The van der Waals surface area contributed by atoms with Crippen molar-refractivity contribution in [3.05, 3.63) is 5.01 Å². The molecule has 0 saturated carbocycles. The van der Waals surface area contributed by atoms with Crippen LogP contribution in [0.3, 0.4) is 0 Å². The van der Waals surface area contributed by atoms with E-state index in [1.54, 1.807) is 23.1 Å². The van der Waals surface area contributed by atoms with Crippen LogP contribution in [0.25, 0.3) is 0 Å². The number of aryl methyl sites for hydroxylation is 1. The van der Waals surface area contributed by atoms with Crippen LogP contribution in [0.2, 0.25) is 0 Å². The SMILES string of the molecule is CSc1[o+]nc(C)s1. The number of hydrogen-bond acceptors (Lipinski definition) is 3. The molecule has 0 spiro atoms.